The smallest absolute Gasteiger partial charge is 0.250 e. The predicted octanol–water partition coefficient (Wildman–Crippen LogP) is 2.96. The number of nitrogens with zero attached hydrogens (tertiary/aromatic N) is 1. The second-order valence-corrected chi connectivity index (χ2v) is 6.36. The molecule has 2 rings (SSSR count). The van der Waals surface area contributed by atoms with Crippen molar-refractivity contribution < 1.29 is 14.7 Å². The lowest BCUT2D eigenvalue weighted by molar-refractivity contribution is -0.172. The van der Waals surface area contributed by atoms with Gasteiger partial charge < -0.3 is 4.74 Å². The van der Waals surface area contributed by atoms with Crippen LogP contribution in [-0.4, -0.2) is 33.9 Å². The standard InChI is InChI=1S/C17H23NO3/c1-17(2,3)21-15-10-9-14(12-15)18(20)16(19)11-13-7-5-4-6-8-13/h4-10,14-15,20H,11-12H2,1-3H3/t14-,15+/m0/s1. The van der Waals surface area contributed by atoms with Crippen LogP contribution in [0.25, 0.3) is 0 Å². The molecule has 0 radical (unpaired) electrons. The molecule has 1 amide bonds. The van der Waals surface area contributed by atoms with Crippen LogP contribution in [0.4, 0.5) is 0 Å². The van der Waals surface area contributed by atoms with Gasteiger partial charge in [-0.1, -0.05) is 42.5 Å². The summed E-state index contributed by atoms with van der Waals surface area (Å²) in [5.41, 5.74) is 0.657. The maximum atomic E-state index is 12.1. The van der Waals surface area contributed by atoms with Gasteiger partial charge in [-0.25, -0.2) is 5.06 Å². The summed E-state index contributed by atoms with van der Waals surface area (Å²) in [7, 11) is 0. The second-order valence-electron chi connectivity index (χ2n) is 6.36. The highest BCUT2D eigenvalue weighted by molar-refractivity contribution is 5.78. The van der Waals surface area contributed by atoms with Crippen LogP contribution in [0, 0.1) is 0 Å². The van der Waals surface area contributed by atoms with Crippen LogP contribution in [0.5, 0.6) is 0 Å². The molecule has 0 saturated carbocycles. The molecule has 0 bridgehead atoms. The van der Waals surface area contributed by atoms with E-state index in [9.17, 15) is 10.0 Å². The molecular weight excluding hydrogens is 266 g/mol. The lowest BCUT2D eigenvalue weighted by Gasteiger charge is -2.26. The molecule has 4 nitrogen and oxygen atoms in total. The van der Waals surface area contributed by atoms with Crippen LogP contribution in [0.15, 0.2) is 42.5 Å². The molecule has 0 fully saturated rings. The fraction of sp³-hybridized carbons (Fsp3) is 0.471. The molecule has 0 aliphatic heterocycles. The van der Waals surface area contributed by atoms with Crippen LogP contribution in [-0.2, 0) is 16.0 Å². The first-order chi connectivity index (χ1) is 9.85. The third kappa shape index (κ3) is 4.69. The molecular formula is C17H23NO3. The normalized spacial score (nSPS) is 21.5. The minimum atomic E-state index is -0.312. The van der Waals surface area contributed by atoms with E-state index in [-0.39, 0.29) is 30.1 Å². The Morgan fingerprint density at radius 3 is 2.57 bits per heavy atom. The molecule has 1 aliphatic rings. The lowest BCUT2D eigenvalue weighted by atomic mass is 10.1. The maximum absolute atomic E-state index is 12.1. The minimum absolute atomic E-state index is 0.0609. The third-order valence-electron chi connectivity index (χ3n) is 3.29. The molecule has 0 aromatic heterocycles. The van der Waals surface area contributed by atoms with E-state index in [1.165, 1.54) is 0 Å². The highest BCUT2D eigenvalue weighted by Gasteiger charge is 2.29. The average Bonchev–Trinajstić information content (AvgIpc) is 2.85. The van der Waals surface area contributed by atoms with Crippen LogP contribution in [0.2, 0.25) is 0 Å². The number of hydrogen-bond acceptors (Lipinski definition) is 3. The number of ether oxygens (including phenoxy) is 1. The molecule has 0 saturated heterocycles. The van der Waals surface area contributed by atoms with Crippen molar-refractivity contribution in [3.8, 4) is 0 Å². The van der Waals surface area contributed by atoms with Gasteiger partial charge in [-0.3, -0.25) is 10.0 Å². The first-order valence-electron chi connectivity index (χ1n) is 7.26. The molecule has 1 aliphatic carbocycles. The molecule has 114 valence electrons. The molecule has 0 unspecified atom stereocenters. The number of amides is 1. The van der Waals surface area contributed by atoms with E-state index in [1.54, 1.807) is 0 Å². The van der Waals surface area contributed by atoms with Crippen LogP contribution >= 0.6 is 0 Å². The lowest BCUT2D eigenvalue weighted by Crippen LogP contribution is -2.38. The van der Waals surface area contributed by atoms with Gasteiger partial charge in [-0.15, -0.1) is 0 Å². The fourth-order valence-corrected chi connectivity index (χ4v) is 2.41. The molecule has 2 atom stereocenters. The van der Waals surface area contributed by atoms with Crippen LogP contribution < -0.4 is 0 Å². The Balaban J connectivity index is 1.88. The molecule has 1 aromatic rings. The monoisotopic (exact) mass is 289 g/mol. The summed E-state index contributed by atoms with van der Waals surface area (Å²) in [5, 5.41) is 10.9. The first-order valence-corrected chi connectivity index (χ1v) is 7.26. The van der Waals surface area contributed by atoms with Gasteiger partial charge in [0.2, 0.25) is 0 Å². The van der Waals surface area contributed by atoms with Gasteiger partial charge in [0, 0.05) is 6.42 Å². The molecule has 1 N–H and O–H groups in total. The summed E-state index contributed by atoms with van der Waals surface area (Å²) < 4.78 is 5.84. The average molecular weight is 289 g/mol. The van der Waals surface area contributed by atoms with Crippen LogP contribution in [0.1, 0.15) is 32.8 Å². The van der Waals surface area contributed by atoms with E-state index in [0.29, 0.717) is 6.42 Å². The van der Waals surface area contributed by atoms with Gasteiger partial charge >= 0.3 is 0 Å². The van der Waals surface area contributed by atoms with Crippen molar-refractivity contribution in [2.45, 2.75) is 51.4 Å². The molecule has 4 heteroatoms. The number of carbonyl (C=O) groups excluding carboxylic acids is 1. The Morgan fingerprint density at radius 1 is 1.29 bits per heavy atom. The van der Waals surface area contributed by atoms with Crippen molar-refractivity contribution >= 4 is 5.91 Å². The SMILES string of the molecule is CC(C)(C)O[C@@H]1C=C[C@H](N(O)C(=O)Cc2ccccc2)C1. The van der Waals surface area contributed by atoms with Crippen molar-refractivity contribution in [2.75, 3.05) is 0 Å². The Bertz CT molecular complexity index is 505. The number of rotatable bonds is 4. The summed E-state index contributed by atoms with van der Waals surface area (Å²) in [6.45, 7) is 5.97. The van der Waals surface area contributed by atoms with Crippen molar-refractivity contribution in [3.63, 3.8) is 0 Å². The van der Waals surface area contributed by atoms with E-state index in [1.807, 2.05) is 63.3 Å². The summed E-state index contributed by atoms with van der Waals surface area (Å²) in [4.78, 5) is 12.1. The molecule has 1 aromatic carbocycles. The summed E-state index contributed by atoms with van der Waals surface area (Å²) in [6, 6.07) is 9.11. The van der Waals surface area contributed by atoms with Gasteiger partial charge in [-0.05, 0) is 26.3 Å². The van der Waals surface area contributed by atoms with Crippen LogP contribution in [0.3, 0.4) is 0 Å². The number of benzene rings is 1. The fourth-order valence-electron chi connectivity index (χ4n) is 2.41. The maximum Gasteiger partial charge on any atom is 0.250 e. The number of hydroxylamine groups is 2. The predicted molar refractivity (Wildman–Crippen MR) is 80.9 cm³/mol. The third-order valence-corrected chi connectivity index (χ3v) is 3.29. The van der Waals surface area contributed by atoms with E-state index < -0.39 is 0 Å². The van der Waals surface area contributed by atoms with Crippen molar-refractivity contribution in [2.24, 2.45) is 0 Å². The van der Waals surface area contributed by atoms with E-state index in [0.717, 1.165) is 10.6 Å². The molecule has 0 spiro atoms. The van der Waals surface area contributed by atoms with Gasteiger partial charge in [0.15, 0.2) is 0 Å². The first kappa shape index (κ1) is 15.7. The minimum Gasteiger partial charge on any atom is -0.368 e. The summed E-state index contributed by atoms with van der Waals surface area (Å²) in [5.74, 6) is -0.299. The van der Waals surface area contributed by atoms with Gasteiger partial charge in [0.1, 0.15) is 0 Å². The zero-order chi connectivity index (χ0) is 15.5. The van der Waals surface area contributed by atoms with Crippen molar-refractivity contribution in [1.82, 2.24) is 5.06 Å². The molecule has 21 heavy (non-hydrogen) atoms. The van der Waals surface area contributed by atoms with Gasteiger partial charge in [-0.2, -0.15) is 0 Å². The van der Waals surface area contributed by atoms with Crippen molar-refractivity contribution in [1.29, 1.82) is 0 Å². The highest BCUT2D eigenvalue weighted by Crippen LogP contribution is 2.23. The topological polar surface area (TPSA) is 49.8 Å². The highest BCUT2D eigenvalue weighted by atomic mass is 16.5. The zero-order valence-corrected chi connectivity index (χ0v) is 12.8. The second kappa shape index (κ2) is 6.41. The largest absolute Gasteiger partial charge is 0.368 e. The zero-order valence-electron chi connectivity index (χ0n) is 12.8. The van der Waals surface area contributed by atoms with E-state index in [4.69, 9.17) is 4.74 Å². The number of carbonyl (C=O) groups is 1. The van der Waals surface area contributed by atoms with Gasteiger partial charge in [0.25, 0.3) is 5.91 Å². The van der Waals surface area contributed by atoms with Crippen molar-refractivity contribution in [3.05, 3.63) is 48.0 Å². The Labute approximate surface area is 126 Å². The van der Waals surface area contributed by atoms with E-state index >= 15 is 0 Å². The molecule has 0 heterocycles. The Morgan fingerprint density at radius 2 is 1.95 bits per heavy atom. The Kier molecular flexibility index (Phi) is 4.80. The quantitative estimate of drug-likeness (QED) is 0.527. The number of hydrogen-bond donors (Lipinski definition) is 1. The summed E-state index contributed by atoms with van der Waals surface area (Å²) in [6.07, 6.45) is 4.48. The summed E-state index contributed by atoms with van der Waals surface area (Å²) >= 11 is 0. The van der Waals surface area contributed by atoms with E-state index in [2.05, 4.69) is 0 Å². The Hall–Kier alpha value is -1.65. The van der Waals surface area contributed by atoms with Gasteiger partial charge in [0.05, 0.1) is 24.2 Å².